The molecule has 37 heavy (non-hydrogen) atoms. The lowest BCUT2D eigenvalue weighted by atomic mass is 9.94. The van der Waals surface area contributed by atoms with Crippen LogP contribution >= 0.6 is 0 Å². The molecule has 1 saturated heterocycles. The minimum Gasteiger partial charge on any atom is -0.633 e. The Morgan fingerprint density at radius 1 is 1.00 bits per heavy atom. The molecular weight excluding hydrogens is 465 g/mol. The number of quaternary nitrogens is 1. The van der Waals surface area contributed by atoms with Crippen LogP contribution in [-0.2, 0) is 6.54 Å². The Balaban J connectivity index is 1.67. The van der Waals surface area contributed by atoms with E-state index in [1.165, 1.54) is 12.1 Å². The SMILES string of the molecule is CCC(NC(=O)c1c(C[N+]2([O-])CCCCC2)c(-c2ccccc2)nc2ccccc12)c1cccc(F)c1. The topological polar surface area (TPSA) is 65.0 Å². The molecule has 4 aromatic rings. The molecule has 1 aromatic heterocycles. The molecular formula is C31H32FN3O2. The number of nitrogens with zero attached hydrogens (tertiary/aromatic N) is 2. The van der Waals surface area contributed by atoms with Gasteiger partial charge in [0.1, 0.15) is 12.4 Å². The summed E-state index contributed by atoms with van der Waals surface area (Å²) in [6.45, 7) is 3.20. The zero-order valence-electron chi connectivity index (χ0n) is 21.1. The maximum absolute atomic E-state index is 14.1. The zero-order chi connectivity index (χ0) is 25.8. The Morgan fingerprint density at radius 3 is 2.46 bits per heavy atom. The number of fused-ring (bicyclic) bond motifs is 1. The van der Waals surface area contributed by atoms with E-state index in [0.717, 1.165) is 24.8 Å². The van der Waals surface area contributed by atoms with Gasteiger partial charge in [-0.05, 0) is 49.4 Å². The largest absolute Gasteiger partial charge is 0.633 e. The van der Waals surface area contributed by atoms with E-state index in [0.29, 0.717) is 52.8 Å². The number of carbonyl (C=O) groups excluding carboxylic acids is 1. The second kappa shape index (κ2) is 10.8. The molecule has 0 spiro atoms. The molecule has 0 radical (unpaired) electrons. The van der Waals surface area contributed by atoms with Crippen molar-refractivity contribution in [3.05, 3.63) is 107 Å². The Hall–Kier alpha value is -3.61. The van der Waals surface area contributed by atoms with Crippen LogP contribution in [-0.4, -0.2) is 28.6 Å². The number of aromatic nitrogens is 1. The first-order chi connectivity index (χ1) is 18.0. The fourth-order valence-corrected chi connectivity index (χ4v) is 5.41. The van der Waals surface area contributed by atoms with Crippen LogP contribution in [0.1, 0.15) is 60.1 Å². The molecule has 5 rings (SSSR count). The third-order valence-corrected chi connectivity index (χ3v) is 7.31. The second-order valence-corrected chi connectivity index (χ2v) is 9.91. The quantitative estimate of drug-likeness (QED) is 0.223. The van der Waals surface area contributed by atoms with Crippen molar-refractivity contribution in [2.24, 2.45) is 0 Å². The molecule has 1 N–H and O–H groups in total. The summed E-state index contributed by atoms with van der Waals surface area (Å²) in [5.41, 5.74) is 4.11. The van der Waals surface area contributed by atoms with E-state index in [2.05, 4.69) is 5.32 Å². The van der Waals surface area contributed by atoms with Gasteiger partial charge in [-0.3, -0.25) is 4.79 Å². The average molecular weight is 498 g/mol. The summed E-state index contributed by atoms with van der Waals surface area (Å²) < 4.78 is 13.6. The molecule has 6 heteroatoms. The van der Waals surface area contributed by atoms with Gasteiger partial charge in [0.25, 0.3) is 5.91 Å². The minimum atomic E-state index is -0.367. The molecule has 3 aromatic carbocycles. The molecule has 5 nitrogen and oxygen atoms in total. The van der Waals surface area contributed by atoms with Crippen LogP contribution in [0.15, 0.2) is 78.9 Å². The lowest BCUT2D eigenvalue weighted by molar-refractivity contribution is -0.898. The molecule has 0 aliphatic carbocycles. The van der Waals surface area contributed by atoms with E-state index in [4.69, 9.17) is 4.98 Å². The van der Waals surface area contributed by atoms with Crippen molar-refractivity contribution in [1.29, 1.82) is 0 Å². The van der Waals surface area contributed by atoms with Gasteiger partial charge < -0.3 is 15.2 Å². The summed E-state index contributed by atoms with van der Waals surface area (Å²) in [5.74, 6) is -0.611. The van der Waals surface area contributed by atoms with Crippen molar-refractivity contribution in [2.75, 3.05) is 13.1 Å². The van der Waals surface area contributed by atoms with Gasteiger partial charge in [-0.25, -0.2) is 9.37 Å². The number of halogens is 1. The van der Waals surface area contributed by atoms with Gasteiger partial charge in [-0.1, -0.05) is 67.6 Å². The van der Waals surface area contributed by atoms with Crippen LogP contribution in [0.2, 0.25) is 0 Å². The monoisotopic (exact) mass is 497 g/mol. The number of hydroxylamine groups is 3. The summed E-state index contributed by atoms with van der Waals surface area (Å²) in [4.78, 5) is 19.1. The highest BCUT2D eigenvalue weighted by Gasteiger charge is 2.29. The number of likely N-dealkylation sites (tertiary alicyclic amines) is 1. The van der Waals surface area contributed by atoms with Gasteiger partial charge in [0.05, 0.1) is 35.9 Å². The number of hydrogen-bond acceptors (Lipinski definition) is 3. The van der Waals surface area contributed by atoms with Crippen LogP contribution in [0.5, 0.6) is 0 Å². The standard InChI is InChI=1S/C31H32FN3O2/c1-2-27(23-14-11-15-24(32)20-23)34-31(36)29-25-16-7-8-17-28(25)33-30(22-12-5-3-6-13-22)26(29)21-35(37)18-9-4-10-19-35/h3,5-8,11-17,20,27H,2,4,9-10,18-19,21H2,1H3,(H,34,36). The molecule has 1 unspecified atom stereocenters. The van der Waals surface area contributed by atoms with Crippen LogP contribution < -0.4 is 5.32 Å². The van der Waals surface area contributed by atoms with E-state index >= 15 is 0 Å². The Bertz CT molecular complexity index is 1400. The van der Waals surface area contributed by atoms with Crippen LogP contribution in [0.25, 0.3) is 22.2 Å². The van der Waals surface area contributed by atoms with Crippen LogP contribution in [0.3, 0.4) is 0 Å². The first kappa shape index (κ1) is 25.1. The third-order valence-electron chi connectivity index (χ3n) is 7.31. The Labute approximate surface area is 217 Å². The van der Waals surface area contributed by atoms with Crippen LogP contribution in [0.4, 0.5) is 4.39 Å². The molecule has 0 bridgehead atoms. The zero-order valence-corrected chi connectivity index (χ0v) is 21.1. The lowest BCUT2D eigenvalue weighted by Gasteiger charge is -2.46. The van der Waals surface area contributed by atoms with Gasteiger partial charge >= 0.3 is 0 Å². The van der Waals surface area contributed by atoms with Crippen molar-refractivity contribution in [3.8, 4) is 11.3 Å². The number of pyridine rings is 1. The van der Waals surface area contributed by atoms with E-state index in [-0.39, 0.29) is 29.0 Å². The van der Waals surface area contributed by atoms with Crippen molar-refractivity contribution in [2.45, 2.75) is 45.2 Å². The number of piperidine rings is 1. The predicted molar refractivity (Wildman–Crippen MR) is 145 cm³/mol. The van der Waals surface area contributed by atoms with Crippen molar-refractivity contribution in [3.63, 3.8) is 0 Å². The lowest BCUT2D eigenvalue weighted by Crippen LogP contribution is -2.46. The van der Waals surface area contributed by atoms with Gasteiger partial charge in [0, 0.05) is 16.5 Å². The third kappa shape index (κ3) is 5.41. The summed E-state index contributed by atoms with van der Waals surface area (Å²) in [6.07, 6.45) is 3.41. The molecule has 2 heterocycles. The molecule has 0 saturated carbocycles. The Kier molecular flexibility index (Phi) is 7.31. The molecule has 1 atom stereocenters. The fraction of sp³-hybridized carbons (Fsp3) is 0.290. The number of hydrogen-bond donors (Lipinski definition) is 1. The maximum atomic E-state index is 14.1. The van der Waals surface area contributed by atoms with Crippen molar-refractivity contribution in [1.82, 2.24) is 10.3 Å². The second-order valence-electron chi connectivity index (χ2n) is 9.91. The number of carbonyl (C=O) groups is 1. The van der Waals surface area contributed by atoms with E-state index in [1.807, 2.05) is 67.6 Å². The molecule has 1 fully saturated rings. The van der Waals surface area contributed by atoms with Gasteiger partial charge in [-0.15, -0.1) is 0 Å². The smallest absolute Gasteiger partial charge is 0.253 e. The molecule has 190 valence electrons. The van der Waals surface area contributed by atoms with Crippen molar-refractivity contribution >= 4 is 16.8 Å². The molecule has 1 aliphatic heterocycles. The van der Waals surface area contributed by atoms with E-state index in [1.54, 1.807) is 6.07 Å². The number of benzene rings is 3. The van der Waals surface area contributed by atoms with E-state index in [9.17, 15) is 14.4 Å². The average Bonchev–Trinajstić information content (AvgIpc) is 2.92. The van der Waals surface area contributed by atoms with Crippen molar-refractivity contribution < 1.29 is 13.8 Å². The Morgan fingerprint density at radius 2 is 1.73 bits per heavy atom. The minimum absolute atomic E-state index is 0.182. The van der Waals surface area contributed by atoms with Gasteiger partial charge in [-0.2, -0.15) is 0 Å². The van der Waals surface area contributed by atoms with Crippen LogP contribution in [0, 0.1) is 11.0 Å². The maximum Gasteiger partial charge on any atom is 0.253 e. The summed E-state index contributed by atoms with van der Waals surface area (Å²) in [7, 11) is 0. The molecule has 1 amide bonds. The highest BCUT2D eigenvalue weighted by molar-refractivity contribution is 6.09. The number of para-hydroxylation sites is 1. The van der Waals surface area contributed by atoms with E-state index < -0.39 is 0 Å². The molecule has 1 aliphatic rings. The van der Waals surface area contributed by atoms with Gasteiger partial charge in [0.15, 0.2) is 0 Å². The first-order valence-electron chi connectivity index (χ1n) is 13.1. The first-order valence-corrected chi connectivity index (χ1v) is 13.1. The summed E-state index contributed by atoms with van der Waals surface area (Å²) >= 11 is 0. The highest BCUT2D eigenvalue weighted by Crippen LogP contribution is 2.34. The van der Waals surface area contributed by atoms with Gasteiger partial charge in [0.2, 0.25) is 0 Å². The normalized spacial score (nSPS) is 15.9. The fourth-order valence-electron chi connectivity index (χ4n) is 5.41. The number of rotatable bonds is 7. The summed E-state index contributed by atoms with van der Waals surface area (Å²) in [6, 6.07) is 23.3. The number of nitrogens with one attached hydrogen (secondary N) is 1. The predicted octanol–water partition coefficient (Wildman–Crippen LogP) is 6.92. The summed E-state index contributed by atoms with van der Waals surface area (Å²) in [5, 5.41) is 17.7. The number of amides is 1. The highest BCUT2D eigenvalue weighted by atomic mass is 19.1.